The molecule has 0 aromatic carbocycles. The number of nitrogens with zero attached hydrogens (tertiary/aromatic N) is 2. The highest BCUT2D eigenvalue weighted by Gasteiger charge is 2.09. The molecule has 0 atom stereocenters. The van der Waals surface area contributed by atoms with Crippen LogP contribution in [0.2, 0.25) is 0 Å². The van der Waals surface area contributed by atoms with E-state index in [1.165, 1.54) is 6.42 Å². The zero-order valence-corrected chi connectivity index (χ0v) is 10.7. The molecule has 0 saturated carbocycles. The molecule has 2 aromatic heterocycles. The van der Waals surface area contributed by atoms with E-state index in [1.807, 2.05) is 12.3 Å². The van der Waals surface area contributed by atoms with E-state index in [-0.39, 0.29) is 0 Å². The third kappa shape index (κ3) is 2.75. The summed E-state index contributed by atoms with van der Waals surface area (Å²) in [5.74, 6) is 1.86. The van der Waals surface area contributed by atoms with E-state index in [0.717, 1.165) is 35.5 Å². The van der Waals surface area contributed by atoms with E-state index < -0.39 is 0 Å². The van der Waals surface area contributed by atoms with Crippen molar-refractivity contribution >= 4 is 16.9 Å². The molecule has 17 heavy (non-hydrogen) atoms. The van der Waals surface area contributed by atoms with Crippen molar-refractivity contribution in [2.24, 2.45) is 0 Å². The van der Waals surface area contributed by atoms with Crippen LogP contribution in [0.5, 0.6) is 0 Å². The Bertz CT molecular complexity index is 487. The number of fused-ring (bicyclic) bond motifs is 1. The van der Waals surface area contributed by atoms with E-state index in [0.29, 0.717) is 6.04 Å². The Morgan fingerprint density at radius 1 is 1.35 bits per heavy atom. The van der Waals surface area contributed by atoms with Crippen LogP contribution < -0.4 is 5.32 Å². The fourth-order valence-electron chi connectivity index (χ4n) is 1.82. The fraction of sp³-hybridized carbons (Fsp3) is 0.538. The van der Waals surface area contributed by atoms with Gasteiger partial charge in [-0.05, 0) is 26.3 Å². The lowest BCUT2D eigenvalue weighted by atomic mass is 10.2. The van der Waals surface area contributed by atoms with Crippen LogP contribution in [0.3, 0.4) is 0 Å². The second kappa shape index (κ2) is 5.17. The molecule has 4 nitrogen and oxygen atoms in total. The van der Waals surface area contributed by atoms with E-state index in [1.54, 1.807) is 0 Å². The molecule has 0 saturated heterocycles. The molecule has 0 aliphatic carbocycles. The van der Waals surface area contributed by atoms with E-state index in [9.17, 15) is 0 Å². The molecule has 0 spiro atoms. The summed E-state index contributed by atoms with van der Waals surface area (Å²) in [5, 5.41) is 4.45. The molecule has 0 aliphatic rings. The van der Waals surface area contributed by atoms with Crippen LogP contribution >= 0.6 is 0 Å². The highest BCUT2D eigenvalue weighted by Crippen LogP contribution is 2.20. The zero-order chi connectivity index (χ0) is 12.3. The molecule has 2 heterocycles. The van der Waals surface area contributed by atoms with Gasteiger partial charge in [0.05, 0.1) is 5.39 Å². The fourth-order valence-corrected chi connectivity index (χ4v) is 1.82. The summed E-state index contributed by atoms with van der Waals surface area (Å²) in [7, 11) is 0. The third-order valence-electron chi connectivity index (χ3n) is 2.64. The van der Waals surface area contributed by atoms with Crippen LogP contribution in [0, 0.1) is 0 Å². The highest BCUT2D eigenvalue weighted by molar-refractivity contribution is 5.87. The van der Waals surface area contributed by atoms with Crippen LogP contribution in [0.15, 0.2) is 12.3 Å². The van der Waals surface area contributed by atoms with Gasteiger partial charge >= 0.3 is 0 Å². The van der Waals surface area contributed by atoms with Crippen LogP contribution in [-0.2, 0) is 6.42 Å². The number of aryl methyl sites for hydroxylation is 1. The first-order valence-electron chi connectivity index (χ1n) is 6.31. The van der Waals surface area contributed by atoms with Gasteiger partial charge < -0.3 is 10.3 Å². The van der Waals surface area contributed by atoms with Gasteiger partial charge in [0, 0.05) is 18.7 Å². The van der Waals surface area contributed by atoms with Gasteiger partial charge in [0.2, 0.25) is 0 Å². The average molecular weight is 232 g/mol. The van der Waals surface area contributed by atoms with Crippen LogP contribution in [0.4, 0.5) is 5.82 Å². The summed E-state index contributed by atoms with van der Waals surface area (Å²) >= 11 is 0. The largest absolute Gasteiger partial charge is 0.367 e. The number of nitrogens with one attached hydrogen (secondary N) is 2. The summed E-state index contributed by atoms with van der Waals surface area (Å²) in [6.07, 6.45) is 5.15. The van der Waals surface area contributed by atoms with Gasteiger partial charge in [-0.3, -0.25) is 0 Å². The molecule has 92 valence electrons. The Morgan fingerprint density at radius 3 is 2.88 bits per heavy atom. The molecule has 0 aliphatic heterocycles. The maximum absolute atomic E-state index is 4.61. The van der Waals surface area contributed by atoms with E-state index in [2.05, 4.69) is 41.0 Å². The first-order valence-corrected chi connectivity index (χ1v) is 6.31. The predicted octanol–water partition coefficient (Wildman–Crippen LogP) is 3.12. The average Bonchev–Trinajstić information content (AvgIpc) is 2.73. The van der Waals surface area contributed by atoms with Gasteiger partial charge in [-0.1, -0.05) is 13.3 Å². The van der Waals surface area contributed by atoms with Crippen molar-refractivity contribution in [1.29, 1.82) is 0 Å². The summed E-state index contributed by atoms with van der Waals surface area (Å²) in [6.45, 7) is 6.42. The monoisotopic (exact) mass is 232 g/mol. The topological polar surface area (TPSA) is 53.6 Å². The number of H-pyrrole nitrogens is 1. The second-order valence-corrected chi connectivity index (χ2v) is 4.63. The molecule has 0 fully saturated rings. The SMILES string of the molecule is CCCCc1nc(NC(C)C)c2cc[nH]c2n1. The summed E-state index contributed by atoms with van der Waals surface area (Å²) in [5.41, 5.74) is 0.925. The molecule has 0 amide bonds. The van der Waals surface area contributed by atoms with Gasteiger partial charge in [-0.15, -0.1) is 0 Å². The van der Waals surface area contributed by atoms with E-state index in [4.69, 9.17) is 0 Å². The maximum atomic E-state index is 4.61. The molecule has 0 radical (unpaired) electrons. The summed E-state index contributed by atoms with van der Waals surface area (Å²) < 4.78 is 0. The standard InChI is InChI=1S/C13H20N4/c1-4-5-6-11-16-12-10(7-8-14-12)13(17-11)15-9(2)3/h7-9H,4-6H2,1-3H3,(H2,14,15,16,17). The minimum Gasteiger partial charge on any atom is -0.367 e. The maximum Gasteiger partial charge on any atom is 0.143 e. The number of hydrogen-bond donors (Lipinski definition) is 2. The van der Waals surface area contributed by atoms with Crippen molar-refractivity contribution in [3.8, 4) is 0 Å². The summed E-state index contributed by atoms with van der Waals surface area (Å²) in [4.78, 5) is 12.3. The van der Waals surface area contributed by atoms with Crippen molar-refractivity contribution in [3.05, 3.63) is 18.1 Å². The normalized spacial score (nSPS) is 11.3. The molecular weight excluding hydrogens is 212 g/mol. The molecule has 0 unspecified atom stereocenters. The number of unbranched alkanes of at least 4 members (excludes halogenated alkanes) is 1. The third-order valence-corrected chi connectivity index (χ3v) is 2.64. The first kappa shape index (κ1) is 11.9. The van der Waals surface area contributed by atoms with E-state index >= 15 is 0 Å². The number of aromatic nitrogens is 3. The van der Waals surface area contributed by atoms with Gasteiger partial charge in [-0.25, -0.2) is 9.97 Å². The quantitative estimate of drug-likeness (QED) is 0.832. The number of hydrogen-bond acceptors (Lipinski definition) is 3. The lowest BCUT2D eigenvalue weighted by Crippen LogP contribution is -2.12. The smallest absolute Gasteiger partial charge is 0.143 e. The Morgan fingerprint density at radius 2 is 2.18 bits per heavy atom. The van der Waals surface area contributed by atoms with Crippen LogP contribution in [-0.4, -0.2) is 21.0 Å². The van der Waals surface area contributed by atoms with Crippen molar-refractivity contribution in [2.45, 2.75) is 46.1 Å². The van der Waals surface area contributed by atoms with Gasteiger partial charge in [0.1, 0.15) is 17.3 Å². The minimum absolute atomic E-state index is 0.377. The van der Waals surface area contributed by atoms with Crippen molar-refractivity contribution in [3.63, 3.8) is 0 Å². The van der Waals surface area contributed by atoms with Gasteiger partial charge in [0.25, 0.3) is 0 Å². The highest BCUT2D eigenvalue weighted by atomic mass is 15.1. The van der Waals surface area contributed by atoms with Crippen molar-refractivity contribution < 1.29 is 0 Å². The first-order chi connectivity index (χ1) is 8.20. The lowest BCUT2D eigenvalue weighted by molar-refractivity contribution is 0.754. The molecule has 2 rings (SSSR count). The molecule has 2 N–H and O–H groups in total. The number of rotatable bonds is 5. The Balaban J connectivity index is 2.36. The predicted molar refractivity (Wildman–Crippen MR) is 71.3 cm³/mol. The lowest BCUT2D eigenvalue weighted by Gasteiger charge is -2.11. The Kier molecular flexibility index (Phi) is 3.61. The minimum atomic E-state index is 0.377. The molecule has 4 heteroatoms. The van der Waals surface area contributed by atoms with Gasteiger partial charge in [0.15, 0.2) is 0 Å². The second-order valence-electron chi connectivity index (χ2n) is 4.63. The van der Waals surface area contributed by atoms with Gasteiger partial charge in [-0.2, -0.15) is 0 Å². The van der Waals surface area contributed by atoms with Crippen molar-refractivity contribution in [2.75, 3.05) is 5.32 Å². The Labute approximate surface area is 102 Å². The molecular formula is C13H20N4. The molecule has 0 bridgehead atoms. The molecule has 2 aromatic rings. The van der Waals surface area contributed by atoms with Crippen LogP contribution in [0.25, 0.3) is 11.0 Å². The summed E-state index contributed by atoms with van der Waals surface area (Å²) in [6, 6.07) is 2.39. The zero-order valence-electron chi connectivity index (χ0n) is 10.7. The Hall–Kier alpha value is -1.58. The number of anilines is 1. The van der Waals surface area contributed by atoms with Crippen molar-refractivity contribution in [1.82, 2.24) is 15.0 Å². The van der Waals surface area contributed by atoms with Crippen LogP contribution in [0.1, 0.15) is 39.4 Å². The number of aromatic amines is 1.